The standard InChI is InChI=1S/C23H28N2O5/c1-29-20-14-17(15-21(30-2)23(20)28)8-9-22(27)25-12-10-24(11-13-25)16-19(26)18-6-4-3-5-7-18/h3-9,14-15,19,26,28H,10-13,16H2,1-2H3. The van der Waals surface area contributed by atoms with Crippen molar-refractivity contribution in [2.75, 3.05) is 46.9 Å². The number of carbonyl (C=O) groups is 1. The second-order valence-corrected chi connectivity index (χ2v) is 7.16. The highest BCUT2D eigenvalue weighted by Crippen LogP contribution is 2.37. The molecule has 0 spiro atoms. The lowest BCUT2D eigenvalue weighted by Crippen LogP contribution is -2.49. The Hall–Kier alpha value is -3.03. The van der Waals surface area contributed by atoms with E-state index in [-0.39, 0.29) is 23.2 Å². The predicted molar refractivity (Wildman–Crippen MR) is 115 cm³/mol. The average Bonchev–Trinajstić information content (AvgIpc) is 2.79. The van der Waals surface area contributed by atoms with Gasteiger partial charge >= 0.3 is 0 Å². The van der Waals surface area contributed by atoms with E-state index in [1.165, 1.54) is 20.3 Å². The van der Waals surface area contributed by atoms with E-state index >= 15 is 0 Å². The molecule has 2 aromatic carbocycles. The predicted octanol–water partition coefficient (Wildman–Crippen LogP) is 2.30. The van der Waals surface area contributed by atoms with E-state index in [1.54, 1.807) is 23.1 Å². The molecule has 30 heavy (non-hydrogen) atoms. The van der Waals surface area contributed by atoms with Crippen molar-refractivity contribution in [3.63, 3.8) is 0 Å². The van der Waals surface area contributed by atoms with E-state index in [0.29, 0.717) is 38.3 Å². The number of carbonyl (C=O) groups excluding carboxylic acids is 1. The van der Waals surface area contributed by atoms with Crippen LogP contribution in [-0.4, -0.2) is 72.9 Å². The van der Waals surface area contributed by atoms with Gasteiger partial charge in [-0.2, -0.15) is 0 Å². The van der Waals surface area contributed by atoms with Crippen LogP contribution in [0.15, 0.2) is 48.5 Å². The van der Waals surface area contributed by atoms with Crippen LogP contribution in [0.2, 0.25) is 0 Å². The molecule has 0 bridgehead atoms. The number of hydrogen-bond acceptors (Lipinski definition) is 6. The fourth-order valence-corrected chi connectivity index (χ4v) is 3.46. The maximum atomic E-state index is 12.6. The van der Waals surface area contributed by atoms with Gasteiger partial charge in [-0.1, -0.05) is 30.3 Å². The molecule has 1 atom stereocenters. The van der Waals surface area contributed by atoms with Crippen LogP contribution in [0.3, 0.4) is 0 Å². The summed E-state index contributed by atoms with van der Waals surface area (Å²) in [5, 5.41) is 20.4. The number of ether oxygens (including phenoxy) is 2. The lowest BCUT2D eigenvalue weighted by Gasteiger charge is -2.35. The van der Waals surface area contributed by atoms with Gasteiger partial charge in [-0.3, -0.25) is 9.69 Å². The smallest absolute Gasteiger partial charge is 0.246 e. The Kier molecular flexibility index (Phi) is 7.32. The van der Waals surface area contributed by atoms with Crippen LogP contribution in [0.1, 0.15) is 17.2 Å². The lowest BCUT2D eigenvalue weighted by atomic mass is 10.1. The Balaban J connectivity index is 1.54. The van der Waals surface area contributed by atoms with Crippen molar-refractivity contribution in [1.82, 2.24) is 9.80 Å². The van der Waals surface area contributed by atoms with Crippen LogP contribution in [0.25, 0.3) is 6.08 Å². The number of phenols is 1. The van der Waals surface area contributed by atoms with E-state index < -0.39 is 6.10 Å². The van der Waals surface area contributed by atoms with Crippen LogP contribution >= 0.6 is 0 Å². The first kappa shape index (κ1) is 21.7. The Bertz CT molecular complexity index is 851. The minimum absolute atomic E-state index is 0.0720. The monoisotopic (exact) mass is 412 g/mol. The molecule has 160 valence electrons. The quantitative estimate of drug-likeness (QED) is 0.679. The number of benzene rings is 2. The molecule has 1 amide bonds. The van der Waals surface area contributed by atoms with Gasteiger partial charge in [0.1, 0.15) is 0 Å². The third-order valence-electron chi connectivity index (χ3n) is 5.22. The number of piperazine rings is 1. The van der Waals surface area contributed by atoms with Gasteiger partial charge in [-0.25, -0.2) is 0 Å². The van der Waals surface area contributed by atoms with Crippen LogP contribution in [-0.2, 0) is 4.79 Å². The number of aromatic hydroxyl groups is 1. The zero-order chi connectivity index (χ0) is 21.5. The van der Waals surface area contributed by atoms with Crippen LogP contribution in [0, 0.1) is 0 Å². The minimum Gasteiger partial charge on any atom is -0.502 e. The summed E-state index contributed by atoms with van der Waals surface area (Å²) in [6.45, 7) is 3.18. The zero-order valence-corrected chi connectivity index (χ0v) is 17.3. The second-order valence-electron chi connectivity index (χ2n) is 7.16. The van der Waals surface area contributed by atoms with Crippen molar-refractivity contribution in [3.05, 3.63) is 59.7 Å². The fraction of sp³-hybridized carbons (Fsp3) is 0.348. The van der Waals surface area contributed by atoms with Gasteiger partial charge in [0.2, 0.25) is 11.7 Å². The van der Waals surface area contributed by atoms with E-state index in [4.69, 9.17) is 9.47 Å². The number of amides is 1. The summed E-state index contributed by atoms with van der Waals surface area (Å²) in [6.07, 6.45) is 2.66. The van der Waals surface area contributed by atoms with Gasteiger partial charge in [-0.15, -0.1) is 0 Å². The molecule has 0 radical (unpaired) electrons. The normalized spacial score (nSPS) is 15.9. The molecule has 0 saturated carbocycles. The Morgan fingerprint density at radius 1 is 1.07 bits per heavy atom. The van der Waals surface area contributed by atoms with Crippen molar-refractivity contribution in [3.8, 4) is 17.2 Å². The topological polar surface area (TPSA) is 82.5 Å². The average molecular weight is 412 g/mol. The molecule has 0 aromatic heterocycles. The molecular weight excluding hydrogens is 384 g/mol. The maximum absolute atomic E-state index is 12.6. The van der Waals surface area contributed by atoms with Crippen LogP contribution in [0.4, 0.5) is 0 Å². The first-order chi connectivity index (χ1) is 14.5. The highest BCUT2D eigenvalue weighted by Gasteiger charge is 2.22. The molecule has 7 heteroatoms. The number of β-amino-alcohol motifs (C(OH)–C–C–N with tert-alkyl or cyclic N) is 1. The minimum atomic E-state index is -0.534. The SMILES string of the molecule is COc1cc(C=CC(=O)N2CCN(CC(O)c3ccccc3)CC2)cc(OC)c1O. The number of phenolic OH excluding ortho intramolecular Hbond substituents is 1. The zero-order valence-electron chi connectivity index (χ0n) is 17.3. The summed E-state index contributed by atoms with van der Waals surface area (Å²) < 4.78 is 10.3. The summed E-state index contributed by atoms with van der Waals surface area (Å²) in [5.74, 6) is 0.417. The molecule has 0 aliphatic carbocycles. The van der Waals surface area contributed by atoms with Gasteiger partial charge in [0, 0.05) is 38.8 Å². The summed E-state index contributed by atoms with van der Waals surface area (Å²) in [6, 6.07) is 12.9. The van der Waals surface area contributed by atoms with Crippen molar-refractivity contribution in [1.29, 1.82) is 0 Å². The molecule has 2 N–H and O–H groups in total. The highest BCUT2D eigenvalue weighted by molar-refractivity contribution is 5.92. The van der Waals surface area contributed by atoms with Gasteiger partial charge in [0.25, 0.3) is 0 Å². The third kappa shape index (κ3) is 5.31. The van der Waals surface area contributed by atoms with Crippen LogP contribution < -0.4 is 9.47 Å². The summed E-state index contributed by atoms with van der Waals surface area (Å²) in [7, 11) is 2.92. The number of methoxy groups -OCH3 is 2. The molecule has 1 saturated heterocycles. The Morgan fingerprint density at radius 3 is 2.23 bits per heavy atom. The highest BCUT2D eigenvalue weighted by atomic mass is 16.5. The van der Waals surface area contributed by atoms with E-state index in [2.05, 4.69) is 4.90 Å². The molecule has 7 nitrogen and oxygen atoms in total. The fourth-order valence-electron chi connectivity index (χ4n) is 3.46. The second kappa shape index (κ2) is 10.1. The van der Waals surface area contributed by atoms with E-state index in [1.807, 2.05) is 30.3 Å². The number of aliphatic hydroxyl groups excluding tert-OH is 1. The van der Waals surface area contributed by atoms with E-state index in [9.17, 15) is 15.0 Å². The van der Waals surface area contributed by atoms with Crippen molar-refractivity contribution in [2.45, 2.75) is 6.10 Å². The molecule has 3 rings (SSSR count). The van der Waals surface area contributed by atoms with E-state index in [0.717, 1.165) is 5.56 Å². The molecule has 1 heterocycles. The summed E-state index contributed by atoms with van der Waals surface area (Å²) in [5.41, 5.74) is 1.60. The first-order valence-corrected chi connectivity index (χ1v) is 9.89. The first-order valence-electron chi connectivity index (χ1n) is 9.89. The molecule has 2 aromatic rings. The molecule has 1 fully saturated rings. The maximum Gasteiger partial charge on any atom is 0.246 e. The Morgan fingerprint density at radius 2 is 1.67 bits per heavy atom. The molecule has 1 unspecified atom stereocenters. The van der Waals surface area contributed by atoms with Crippen molar-refractivity contribution < 1.29 is 24.5 Å². The van der Waals surface area contributed by atoms with Crippen LogP contribution in [0.5, 0.6) is 17.2 Å². The van der Waals surface area contributed by atoms with Crippen molar-refractivity contribution in [2.24, 2.45) is 0 Å². The summed E-state index contributed by atoms with van der Waals surface area (Å²) in [4.78, 5) is 16.5. The van der Waals surface area contributed by atoms with Gasteiger partial charge in [0.05, 0.1) is 20.3 Å². The third-order valence-corrected chi connectivity index (χ3v) is 5.22. The summed E-state index contributed by atoms with van der Waals surface area (Å²) >= 11 is 0. The van der Waals surface area contributed by atoms with Gasteiger partial charge < -0.3 is 24.6 Å². The van der Waals surface area contributed by atoms with Gasteiger partial charge in [0.15, 0.2) is 11.5 Å². The number of nitrogens with zero attached hydrogens (tertiary/aromatic N) is 2. The molecule has 1 aliphatic heterocycles. The molecule has 1 aliphatic rings. The molecular formula is C23H28N2O5. The Labute approximate surface area is 176 Å². The number of rotatable bonds is 7. The number of hydrogen-bond donors (Lipinski definition) is 2. The number of aliphatic hydroxyl groups is 1. The lowest BCUT2D eigenvalue weighted by molar-refractivity contribution is -0.127. The van der Waals surface area contributed by atoms with Gasteiger partial charge in [-0.05, 0) is 29.3 Å². The largest absolute Gasteiger partial charge is 0.502 e. The van der Waals surface area contributed by atoms with Crippen molar-refractivity contribution >= 4 is 12.0 Å².